The predicted molar refractivity (Wildman–Crippen MR) is 84.0 cm³/mol. The molecule has 0 aromatic heterocycles. The van der Waals surface area contributed by atoms with Gasteiger partial charge in [-0.05, 0) is 54.9 Å². The maximum Gasteiger partial charge on any atom is 0.161 e. The van der Waals surface area contributed by atoms with Crippen LogP contribution in [0.4, 0.5) is 0 Å². The number of benzene rings is 1. The quantitative estimate of drug-likeness (QED) is 0.718. The molecule has 1 aliphatic carbocycles. The molecule has 1 fully saturated rings. The van der Waals surface area contributed by atoms with Crippen molar-refractivity contribution in [1.29, 1.82) is 0 Å². The first-order valence-electron chi connectivity index (χ1n) is 7.43. The molecule has 1 aromatic rings. The van der Waals surface area contributed by atoms with E-state index in [1.165, 1.54) is 36.8 Å². The fourth-order valence-electron chi connectivity index (χ4n) is 3.13. The number of aryl methyl sites for hydroxylation is 1. The third-order valence-corrected chi connectivity index (χ3v) is 5.14. The van der Waals surface area contributed by atoms with Crippen LogP contribution in [0, 0.1) is 18.8 Å². The lowest BCUT2D eigenvalue weighted by Crippen LogP contribution is -2.17. The van der Waals surface area contributed by atoms with Gasteiger partial charge in [0.05, 0.1) is 19.6 Å². The number of hydrogen-bond acceptors (Lipinski definition) is 2. The van der Waals surface area contributed by atoms with Crippen molar-refractivity contribution in [3.8, 4) is 11.5 Å². The second-order valence-electron chi connectivity index (χ2n) is 5.99. The molecule has 0 bridgehead atoms. The Balaban J connectivity index is 2.23. The van der Waals surface area contributed by atoms with E-state index in [9.17, 15) is 0 Å². The molecule has 0 N–H and O–H groups in total. The lowest BCUT2D eigenvalue weighted by Gasteiger charge is -2.30. The van der Waals surface area contributed by atoms with Crippen LogP contribution in [0.15, 0.2) is 12.1 Å². The number of methoxy groups -OCH3 is 2. The predicted octanol–water partition coefficient (Wildman–Crippen LogP) is 5.12. The highest BCUT2D eigenvalue weighted by Crippen LogP contribution is 2.43. The van der Waals surface area contributed by atoms with Crippen LogP contribution in [0.3, 0.4) is 0 Å². The SMILES string of the molecule is COc1cc(C)c(C(Cl)C2CCC(C)CC2)cc1OC. The smallest absolute Gasteiger partial charge is 0.161 e. The van der Waals surface area contributed by atoms with Crippen molar-refractivity contribution in [3.05, 3.63) is 23.3 Å². The van der Waals surface area contributed by atoms with E-state index in [-0.39, 0.29) is 5.38 Å². The van der Waals surface area contributed by atoms with Crippen LogP contribution in [0.5, 0.6) is 11.5 Å². The van der Waals surface area contributed by atoms with Gasteiger partial charge in [-0.3, -0.25) is 0 Å². The van der Waals surface area contributed by atoms with Gasteiger partial charge in [-0.1, -0.05) is 19.8 Å². The highest BCUT2D eigenvalue weighted by atomic mass is 35.5. The summed E-state index contributed by atoms with van der Waals surface area (Å²) in [6, 6.07) is 4.07. The summed E-state index contributed by atoms with van der Waals surface area (Å²) < 4.78 is 10.7. The van der Waals surface area contributed by atoms with E-state index in [1.54, 1.807) is 14.2 Å². The van der Waals surface area contributed by atoms with Crippen molar-refractivity contribution in [2.45, 2.75) is 44.9 Å². The van der Waals surface area contributed by atoms with Crippen LogP contribution >= 0.6 is 11.6 Å². The van der Waals surface area contributed by atoms with Crippen LogP contribution in [0.2, 0.25) is 0 Å². The third kappa shape index (κ3) is 3.22. The second kappa shape index (κ2) is 6.71. The van der Waals surface area contributed by atoms with Crippen LogP contribution in [0.25, 0.3) is 0 Å². The molecule has 2 nitrogen and oxygen atoms in total. The fourth-order valence-corrected chi connectivity index (χ4v) is 3.61. The van der Waals surface area contributed by atoms with Gasteiger partial charge < -0.3 is 9.47 Å². The standard InChI is InChI=1S/C17H25ClO2/c1-11-5-7-13(8-6-11)17(18)14-10-16(20-4)15(19-3)9-12(14)2/h9-11,13,17H,5-8H2,1-4H3. The first kappa shape index (κ1) is 15.5. The van der Waals surface area contributed by atoms with Gasteiger partial charge in [0.1, 0.15) is 0 Å². The van der Waals surface area contributed by atoms with E-state index in [0.29, 0.717) is 5.92 Å². The lowest BCUT2D eigenvalue weighted by atomic mass is 9.79. The summed E-state index contributed by atoms with van der Waals surface area (Å²) in [6.45, 7) is 4.43. The summed E-state index contributed by atoms with van der Waals surface area (Å²) >= 11 is 6.77. The zero-order valence-corrected chi connectivity index (χ0v) is 13.7. The van der Waals surface area contributed by atoms with Crippen LogP contribution in [-0.4, -0.2) is 14.2 Å². The molecule has 0 heterocycles. The Bertz CT molecular complexity index is 451. The number of halogens is 1. The molecule has 2 rings (SSSR count). The minimum Gasteiger partial charge on any atom is -0.493 e. The zero-order chi connectivity index (χ0) is 14.7. The molecule has 3 heteroatoms. The van der Waals surface area contributed by atoms with Crippen molar-refractivity contribution in [2.75, 3.05) is 14.2 Å². The Kier molecular flexibility index (Phi) is 5.20. The molecule has 1 aliphatic rings. The van der Waals surface area contributed by atoms with Crippen molar-refractivity contribution in [2.24, 2.45) is 11.8 Å². The number of hydrogen-bond donors (Lipinski definition) is 0. The largest absolute Gasteiger partial charge is 0.493 e. The Morgan fingerprint density at radius 2 is 1.60 bits per heavy atom. The summed E-state index contributed by atoms with van der Waals surface area (Å²) in [5, 5.41) is 0.0716. The monoisotopic (exact) mass is 296 g/mol. The minimum atomic E-state index is 0.0716. The average Bonchev–Trinajstić information content (AvgIpc) is 2.47. The fraction of sp³-hybridized carbons (Fsp3) is 0.647. The van der Waals surface area contributed by atoms with E-state index in [2.05, 4.69) is 13.8 Å². The Morgan fingerprint density at radius 3 is 2.15 bits per heavy atom. The van der Waals surface area contributed by atoms with Crippen molar-refractivity contribution in [3.63, 3.8) is 0 Å². The van der Waals surface area contributed by atoms with Gasteiger partial charge in [-0.15, -0.1) is 11.6 Å². The molecule has 1 atom stereocenters. The maximum atomic E-state index is 6.77. The first-order valence-corrected chi connectivity index (χ1v) is 7.87. The molecule has 0 amide bonds. The third-order valence-electron chi connectivity index (χ3n) is 4.54. The highest BCUT2D eigenvalue weighted by Gasteiger charge is 2.27. The molecular weight excluding hydrogens is 272 g/mol. The summed E-state index contributed by atoms with van der Waals surface area (Å²) in [6.07, 6.45) is 5.03. The summed E-state index contributed by atoms with van der Waals surface area (Å²) in [5.41, 5.74) is 2.37. The van der Waals surface area contributed by atoms with E-state index < -0.39 is 0 Å². The summed E-state index contributed by atoms with van der Waals surface area (Å²) in [4.78, 5) is 0. The Hall–Kier alpha value is -0.890. The molecular formula is C17H25ClO2. The van der Waals surface area contributed by atoms with Gasteiger partial charge in [0, 0.05) is 0 Å². The van der Waals surface area contributed by atoms with Crippen LogP contribution in [0.1, 0.15) is 49.1 Å². The summed E-state index contributed by atoms with van der Waals surface area (Å²) in [5.74, 6) is 2.96. The number of rotatable bonds is 4. The topological polar surface area (TPSA) is 18.5 Å². The molecule has 0 spiro atoms. The van der Waals surface area contributed by atoms with Crippen LogP contribution in [-0.2, 0) is 0 Å². The molecule has 20 heavy (non-hydrogen) atoms. The molecule has 1 saturated carbocycles. The minimum absolute atomic E-state index is 0.0716. The van der Waals surface area contributed by atoms with Gasteiger partial charge >= 0.3 is 0 Å². The lowest BCUT2D eigenvalue weighted by molar-refractivity contribution is 0.282. The molecule has 0 radical (unpaired) electrons. The van der Waals surface area contributed by atoms with Crippen molar-refractivity contribution in [1.82, 2.24) is 0 Å². The normalized spacial score (nSPS) is 24.2. The first-order chi connectivity index (χ1) is 9.56. The zero-order valence-electron chi connectivity index (χ0n) is 12.9. The van der Waals surface area contributed by atoms with E-state index in [1.807, 2.05) is 12.1 Å². The Morgan fingerprint density at radius 1 is 1.05 bits per heavy atom. The van der Waals surface area contributed by atoms with Crippen molar-refractivity contribution < 1.29 is 9.47 Å². The van der Waals surface area contributed by atoms with Crippen molar-refractivity contribution >= 4 is 11.6 Å². The Labute approximate surface area is 127 Å². The molecule has 0 saturated heterocycles. The second-order valence-corrected chi connectivity index (χ2v) is 6.46. The average molecular weight is 297 g/mol. The molecule has 1 unspecified atom stereocenters. The van der Waals surface area contributed by atoms with E-state index >= 15 is 0 Å². The van der Waals surface area contributed by atoms with Crippen LogP contribution < -0.4 is 9.47 Å². The van der Waals surface area contributed by atoms with E-state index in [4.69, 9.17) is 21.1 Å². The molecule has 1 aromatic carbocycles. The summed E-state index contributed by atoms with van der Waals surface area (Å²) in [7, 11) is 3.33. The molecule has 0 aliphatic heterocycles. The van der Waals surface area contributed by atoms with Gasteiger partial charge in [0.25, 0.3) is 0 Å². The maximum absolute atomic E-state index is 6.77. The van der Waals surface area contributed by atoms with E-state index in [0.717, 1.165) is 17.4 Å². The van der Waals surface area contributed by atoms with Gasteiger partial charge in [0.2, 0.25) is 0 Å². The van der Waals surface area contributed by atoms with Gasteiger partial charge in [0.15, 0.2) is 11.5 Å². The number of alkyl halides is 1. The van der Waals surface area contributed by atoms with Gasteiger partial charge in [-0.2, -0.15) is 0 Å². The number of ether oxygens (including phenoxy) is 2. The van der Waals surface area contributed by atoms with Gasteiger partial charge in [-0.25, -0.2) is 0 Å². The highest BCUT2D eigenvalue weighted by molar-refractivity contribution is 6.21. The molecule has 112 valence electrons.